The van der Waals surface area contributed by atoms with E-state index in [9.17, 15) is 8.42 Å². The van der Waals surface area contributed by atoms with Gasteiger partial charge in [0, 0.05) is 24.5 Å². The monoisotopic (exact) mass is 302 g/mol. The lowest BCUT2D eigenvalue weighted by Gasteiger charge is -2.26. The Morgan fingerprint density at radius 2 is 2.05 bits per heavy atom. The fourth-order valence-corrected chi connectivity index (χ4v) is 4.55. The molecule has 0 spiro atoms. The molecular weight excluding hydrogens is 280 g/mol. The van der Waals surface area contributed by atoms with E-state index in [0.29, 0.717) is 16.1 Å². The highest BCUT2D eigenvalue weighted by Gasteiger charge is 2.28. The van der Waals surface area contributed by atoms with Crippen molar-refractivity contribution in [3.8, 4) is 0 Å². The molecule has 0 aromatic heterocycles. The predicted octanol–water partition coefficient (Wildman–Crippen LogP) is 2.34. The van der Waals surface area contributed by atoms with Crippen LogP contribution >= 0.6 is 11.8 Å². The number of hydrogen-bond donors (Lipinski definition) is 1. The Bertz CT molecular complexity index is 529. The molecule has 0 heterocycles. The standard InChI is InChI=1S/C13H22N2O2S2/c1-5-11(9-18-4)15(3)19(16,17)13-8-6-7-12(14)10(13)2/h6-8,11H,5,9,14H2,1-4H3. The van der Waals surface area contributed by atoms with Crippen LogP contribution in [0.5, 0.6) is 0 Å². The highest BCUT2D eigenvalue weighted by atomic mass is 32.2. The zero-order valence-corrected chi connectivity index (χ0v) is 13.5. The lowest BCUT2D eigenvalue weighted by atomic mass is 10.2. The van der Waals surface area contributed by atoms with E-state index in [-0.39, 0.29) is 6.04 Å². The number of rotatable bonds is 6. The summed E-state index contributed by atoms with van der Waals surface area (Å²) >= 11 is 1.65. The van der Waals surface area contributed by atoms with E-state index in [1.165, 1.54) is 4.31 Å². The van der Waals surface area contributed by atoms with Crippen molar-refractivity contribution in [2.24, 2.45) is 0 Å². The van der Waals surface area contributed by atoms with Crippen LogP contribution in [0.2, 0.25) is 0 Å². The van der Waals surface area contributed by atoms with Crippen LogP contribution in [0.15, 0.2) is 23.1 Å². The van der Waals surface area contributed by atoms with Crippen molar-refractivity contribution < 1.29 is 8.42 Å². The lowest BCUT2D eigenvalue weighted by molar-refractivity contribution is 0.385. The average Bonchev–Trinajstić information content (AvgIpc) is 2.38. The van der Waals surface area contributed by atoms with Gasteiger partial charge < -0.3 is 5.73 Å². The van der Waals surface area contributed by atoms with Crippen LogP contribution in [0.25, 0.3) is 0 Å². The van der Waals surface area contributed by atoms with Gasteiger partial charge in [-0.15, -0.1) is 0 Å². The van der Waals surface area contributed by atoms with Gasteiger partial charge in [0.05, 0.1) is 4.90 Å². The summed E-state index contributed by atoms with van der Waals surface area (Å²) in [6.07, 6.45) is 2.77. The van der Waals surface area contributed by atoms with Gasteiger partial charge in [-0.1, -0.05) is 13.0 Å². The van der Waals surface area contributed by atoms with Crippen LogP contribution in [-0.4, -0.2) is 37.8 Å². The Morgan fingerprint density at radius 1 is 1.42 bits per heavy atom. The van der Waals surface area contributed by atoms with Crippen LogP contribution in [0, 0.1) is 6.92 Å². The molecule has 0 radical (unpaired) electrons. The maximum Gasteiger partial charge on any atom is 0.243 e. The van der Waals surface area contributed by atoms with Gasteiger partial charge in [-0.2, -0.15) is 16.1 Å². The Morgan fingerprint density at radius 3 is 2.58 bits per heavy atom. The number of nitrogens with two attached hydrogens (primary N) is 1. The second-order valence-electron chi connectivity index (χ2n) is 4.51. The minimum atomic E-state index is -3.49. The molecule has 2 N–H and O–H groups in total. The third-order valence-corrected chi connectivity index (χ3v) is 6.10. The van der Waals surface area contributed by atoms with E-state index in [1.54, 1.807) is 43.9 Å². The summed E-state index contributed by atoms with van der Waals surface area (Å²) in [4.78, 5) is 0.301. The van der Waals surface area contributed by atoms with E-state index in [1.807, 2.05) is 13.2 Å². The molecule has 0 amide bonds. The van der Waals surface area contributed by atoms with Gasteiger partial charge in [0.2, 0.25) is 10.0 Å². The number of thioether (sulfide) groups is 1. The van der Waals surface area contributed by atoms with Crippen molar-refractivity contribution in [1.82, 2.24) is 4.31 Å². The van der Waals surface area contributed by atoms with Gasteiger partial charge in [0.1, 0.15) is 0 Å². The third-order valence-electron chi connectivity index (χ3n) is 3.33. The number of nitrogen functional groups attached to an aromatic ring is 1. The topological polar surface area (TPSA) is 63.4 Å². The van der Waals surface area contributed by atoms with Gasteiger partial charge in [-0.05, 0) is 37.3 Å². The maximum absolute atomic E-state index is 12.6. The molecule has 108 valence electrons. The average molecular weight is 302 g/mol. The quantitative estimate of drug-likeness (QED) is 0.819. The predicted molar refractivity (Wildman–Crippen MR) is 83.0 cm³/mol. The first kappa shape index (κ1) is 16.3. The van der Waals surface area contributed by atoms with Crippen LogP contribution in [-0.2, 0) is 10.0 Å². The molecular formula is C13H22N2O2S2. The highest BCUT2D eigenvalue weighted by Crippen LogP contribution is 2.25. The normalized spacial score (nSPS) is 13.7. The van der Waals surface area contributed by atoms with Crippen molar-refractivity contribution in [3.05, 3.63) is 23.8 Å². The zero-order valence-electron chi connectivity index (χ0n) is 11.9. The smallest absolute Gasteiger partial charge is 0.243 e. The molecule has 0 saturated carbocycles. The zero-order chi connectivity index (χ0) is 14.6. The lowest BCUT2D eigenvalue weighted by Crippen LogP contribution is -2.38. The highest BCUT2D eigenvalue weighted by molar-refractivity contribution is 7.98. The van der Waals surface area contributed by atoms with E-state index in [0.717, 1.165) is 12.2 Å². The maximum atomic E-state index is 12.6. The number of sulfonamides is 1. The summed E-state index contributed by atoms with van der Waals surface area (Å²) in [5.74, 6) is 0.785. The molecule has 4 nitrogen and oxygen atoms in total. The summed E-state index contributed by atoms with van der Waals surface area (Å²) in [7, 11) is -1.84. The Balaban J connectivity index is 3.19. The third kappa shape index (κ3) is 3.43. The Labute approximate surface area is 120 Å². The summed E-state index contributed by atoms with van der Waals surface area (Å²) < 4.78 is 26.7. The fraction of sp³-hybridized carbons (Fsp3) is 0.538. The van der Waals surface area contributed by atoms with Crippen molar-refractivity contribution >= 4 is 27.5 Å². The van der Waals surface area contributed by atoms with E-state index in [4.69, 9.17) is 5.73 Å². The van der Waals surface area contributed by atoms with Gasteiger partial charge >= 0.3 is 0 Å². The first-order chi connectivity index (χ1) is 8.86. The minimum absolute atomic E-state index is 0.000769. The largest absolute Gasteiger partial charge is 0.398 e. The summed E-state index contributed by atoms with van der Waals surface area (Å²) in [5.41, 5.74) is 6.92. The first-order valence-electron chi connectivity index (χ1n) is 6.18. The van der Waals surface area contributed by atoms with E-state index >= 15 is 0 Å². The molecule has 0 saturated heterocycles. The number of anilines is 1. The summed E-state index contributed by atoms with van der Waals surface area (Å²) in [5, 5.41) is 0. The molecule has 1 atom stereocenters. The van der Waals surface area contributed by atoms with Crippen LogP contribution < -0.4 is 5.73 Å². The Hall–Kier alpha value is -0.720. The molecule has 1 rings (SSSR count). The van der Waals surface area contributed by atoms with Crippen molar-refractivity contribution in [2.75, 3.05) is 24.8 Å². The summed E-state index contributed by atoms with van der Waals surface area (Å²) in [6, 6.07) is 5.01. The molecule has 1 aromatic rings. The van der Waals surface area contributed by atoms with Crippen molar-refractivity contribution in [1.29, 1.82) is 0 Å². The molecule has 0 bridgehead atoms. The molecule has 0 aliphatic rings. The minimum Gasteiger partial charge on any atom is -0.398 e. The van der Waals surface area contributed by atoms with Crippen LogP contribution in [0.4, 0.5) is 5.69 Å². The SMILES string of the molecule is CCC(CSC)N(C)S(=O)(=O)c1cccc(N)c1C. The van der Waals surface area contributed by atoms with Gasteiger partial charge in [-0.25, -0.2) is 8.42 Å². The first-order valence-corrected chi connectivity index (χ1v) is 9.01. The van der Waals surface area contributed by atoms with E-state index in [2.05, 4.69) is 0 Å². The second kappa shape index (κ2) is 6.63. The fourth-order valence-electron chi connectivity index (χ4n) is 1.93. The molecule has 1 unspecified atom stereocenters. The van der Waals surface area contributed by atoms with Crippen molar-refractivity contribution in [2.45, 2.75) is 31.2 Å². The van der Waals surface area contributed by atoms with Crippen LogP contribution in [0.3, 0.4) is 0 Å². The number of hydrogen-bond acceptors (Lipinski definition) is 4. The summed E-state index contributed by atoms with van der Waals surface area (Å²) in [6.45, 7) is 3.74. The molecule has 19 heavy (non-hydrogen) atoms. The molecule has 0 aliphatic heterocycles. The molecule has 6 heteroatoms. The van der Waals surface area contributed by atoms with Gasteiger partial charge in [0.15, 0.2) is 0 Å². The van der Waals surface area contributed by atoms with Crippen LogP contribution in [0.1, 0.15) is 18.9 Å². The number of nitrogens with zero attached hydrogens (tertiary/aromatic N) is 1. The van der Waals surface area contributed by atoms with Crippen molar-refractivity contribution in [3.63, 3.8) is 0 Å². The molecule has 0 aliphatic carbocycles. The van der Waals surface area contributed by atoms with E-state index < -0.39 is 10.0 Å². The van der Waals surface area contributed by atoms with Gasteiger partial charge in [-0.3, -0.25) is 0 Å². The Kier molecular flexibility index (Phi) is 5.70. The molecule has 0 fully saturated rings. The second-order valence-corrected chi connectivity index (χ2v) is 7.39. The van der Waals surface area contributed by atoms with Gasteiger partial charge in [0.25, 0.3) is 0 Å². The number of benzene rings is 1. The molecule has 1 aromatic carbocycles.